The van der Waals surface area contributed by atoms with Crippen molar-refractivity contribution in [2.45, 2.75) is 19.4 Å². The summed E-state index contributed by atoms with van der Waals surface area (Å²) in [5, 5.41) is 11.1. The average Bonchev–Trinajstić information content (AvgIpc) is 2.34. The van der Waals surface area contributed by atoms with Crippen molar-refractivity contribution in [3.8, 4) is 0 Å². The first kappa shape index (κ1) is 13.9. The molecule has 1 atom stereocenters. The van der Waals surface area contributed by atoms with E-state index in [4.69, 9.17) is 5.11 Å². The molecule has 1 aromatic rings. The van der Waals surface area contributed by atoms with E-state index in [1.54, 1.807) is 19.1 Å². The van der Waals surface area contributed by atoms with Gasteiger partial charge in [-0.1, -0.05) is 25.1 Å². The number of carbonyl (C=O) groups excluding carboxylic acids is 1. The van der Waals surface area contributed by atoms with Gasteiger partial charge in [0, 0.05) is 11.6 Å². The van der Waals surface area contributed by atoms with E-state index >= 15 is 0 Å². The van der Waals surface area contributed by atoms with Gasteiger partial charge < -0.3 is 10.4 Å². The molecule has 2 N–H and O–H groups in total. The Morgan fingerprint density at radius 2 is 2.11 bits per heavy atom. The van der Waals surface area contributed by atoms with Gasteiger partial charge in [0.15, 0.2) is 0 Å². The number of carboxylic acids is 1. The number of carbonyl (C=O) groups is 2. The Morgan fingerprint density at radius 3 is 2.67 bits per heavy atom. The quantitative estimate of drug-likeness (QED) is 0.784. The average molecular weight is 251 g/mol. The highest BCUT2D eigenvalue weighted by Crippen LogP contribution is 2.07. The van der Waals surface area contributed by atoms with Crippen LogP contribution in [0.1, 0.15) is 18.9 Å². The molecule has 0 radical (unpaired) electrons. The lowest BCUT2D eigenvalue weighted by Gasteiger charge is -2.09. The molecule has 0 saturated carbocycles. The van der Waals surface area contributed by atoms with Crippen molar-refractivity contribution in [3.63, 3.8) is 0 Å². The van der Waals surface area contributed by atoms with Crippen LogP contribution in [0.5, 0.6) is 0 Å². The third kappa shape index (κ3) is 4.01. The van der Waals surface area contributed by atoms with E-state index in [2.05, 4.69) is 5.32 Å². The number of benzene rings is 1. The number of carboxylic acid groups (broad SMARTS) is 1. The monoisotopic (exact) mass is 251 g/mol. The first-order chi connectivity index (χ1) is 8.54. The molecule has 0 spiro atoms. The first-order valence-electron chi connectivity index (χ1n) is 5.50. The van der Waals surface area contributed by atoms with E-state index in [-0.39, 0.29) is 12.0 Å². The summed E-state index contributed by atoms with van der Waals surface area (Å²) >= 11 is 0. The van der Waals surface area contributed by atoms with Gasteiger partial charge in [-0.25, -0.2) is 9.18 Å². The number of halogens is 1. The van der Waals surface area contributed by atoms with Gasteiger partial charge in [0.2, 0.25) is 5.91 Å². The number of hydrogen-bond donors (Lipinski definition) is 2. The summed E-state index contributed by atoms with van der Waals surface area (Å²) < 4.78 is 13.2. The van der Waals surface area contributed by atoms with Crippen LogP contribution in [0.25, 0.3) is 6.08 Å². The fraction of sp³-hybridized carbons (Fsp3) is 0.231. The summed E-state index contributed by atoms with van der Waals surface area (Å²) in [6.07, 6.45) is 2.71. The van der Waals surface area contributed by atoms with Crippen molar-refractivity contribution in [3.05, 3.63) is 41.7 Å². The Balaban J connectivity index is 2.65. The van der Waals surface area contributed by atoms with Crippen molar-refractivity contribution >= 4 is 18.0 Å². The van der Waals surface area contributed by atoms with Gasteiger partial charge in [-0.15, -0.1) is 0 Å². The van der Waals surface area contributed by atoms with Gasteiger partial charge in [0.05, 0.1) is 0 Å². The number of hydrogen-bond acceptors (Lipinski definition) is 2. The molecular formula is C13H14FNO3. The predicted molar refractivity (Wildman–Crippen MR) is 65.3 cm³/mol. The van der Waals surface area contributed by atoms with Crippen molar-refractivity contribution in [1.29, 1.82) is 0 Å². The molecule has 1 amide bonds. The lowest BCUT2D eigenvalue weighted by atomic mass is 10.2. The molecule has 5 heteroatoms. The van der Waals surface area contributed by atoms with E-state index in [1.165, 1.54) is 18.2 Å². The molecule has 0 aliphatic carbocycles. The molecule has 0 bridgehead atoms. The molecule has 4 nitrogen and oxygen atoms in total. The molecule has 0 fully saturated rings. The van der Waals surface area contributed by atoms with Crippen LogP contribution in [0.15, 0.2) is 30.3 Å². The van der Waals surface area contributed by atoms with Crippen LogP contribution < -0.4 is 5.32 Å². The molecule has 1 aromatic carbocycles. The molecule has 0 aromatic heterocycles. The van der Waals surface area contributed by atoms with E-state index in [9.17, 15) is 14.0 Å². The molecular weight excluding hydrogens is 237 g/mol. The summed E-state index contributed by atoms with van der Waals surface area (Å²) in [7, 11) is 0. The summed E-state index contributed by atoms with van der Waals surface area (Å²) in [6, 6.07) is 5.07. The van der Waals surface area contributed by atoms with Crippen LogP contribution >= 0.6 is 0 Å². The molecule has 1 rings (SSSR count). The Hall–Kier alpha value is -2.17. The third-order valence-corrected chi connectivity index (χ3v) is 2.34. The largest absolute Gasteiger partial charge is 0.480 e. The number of amides is 1. The molecule has 0 aliphatic rings. The van der Waals surface area contributed by atoms with Crippen LogP contribution in [-0.2, 0) is 9.59 Å². The van der Waals surface area contributed by atoms with E-state index in [0.717, 1.165) is 6.08 Å². The second kappa shape index (κ2) is 6.54. The zero-order valence-corrected chi connectivity index (χ0v) is 9.89. The SMILES string of the molecule is CC[C@@H](NC(=O)C=Cc1ccccc1F)C(=O)O. The van der Waals surface area contributed by atoms with Gasteiger partial charge in [0.1, 0.15) is 11.9 Å². The minimum Gasteiger partial charge on any atom is -0.480 e. The van der Waals surface area contributed by atoms with Crippen LogP contribution in [0, 0.1) is 5.82 Å². The number of aliphatic carboxylic acids is 1. The van der Waals surface area contributed by atoms with Crippen LogP contribution in [-0.4, -0.2) is 23.0 Å². The molecule has 0 saturated heterocycles. The van der Waals surface area contributed by atoms with Crippen LogP contribution in [0.4, 0.5) is 4.39 Å². The van der Waals surface area contributed by atoms with Gasteiger partial charge in [-0.05, 0) is 18.6 Å². The smallest absolute Gasteiger partial charge is 0.326 e. The van der Waals surface area contributed by atoms with Gasteiger partial charge >= 0.3 is 5.97 Å². The lowest BCUT2D eigenvalue weighted by molar-refractivity contribution is -0.141. The van der Waals surface area contributed by atoms with Gasteiger partial charge in [-0.3, -0.25) is 4.79 Å². The highest BCUT2D eigenvalue weighted by atomic mass is 19.1. The Labute approximate surface area is 104 Å². The van der Waals surface area contributed by atoms with Crippen LogP contribution in [0.2, 0.25) is 0 Å². The Bertz CT molecular complexity index is 471. The maximum Gasteiger partial charge on any atom is 0.326 e. The van der Waals surface area contributed by atoms with E-state index in [1.807, 2.05) is 0 Å². The Morgan fingerprint density at radius 1 is 1.44 bits per heavy atom. The molecule has 0 heterocycles. The van der Waals surface area contributed by atoms with E-state index in [0.29, 0.717) is 0 Å². The third-order valence-electron chi connectivity index (χ3n) is 2.34. The van der Waals surface area contributed by atoms with E-state index < -0.39 is 23.7 Å². The maximum atomic E-state index is 13.2. The number of rotatable bonds is 5. The van der Waals surface area contributed by atoms with Crippen molar-refractivity contribution < 1.29 is 19.1 Å². The summed E-state index contributed by atoms with van der Waals surface area (Å²) in [5.41, 5.74) is 0.274. The number of nitrogens with one attached hydrogen (secondary N) is 1. The molecule has 96 valence electrons. The zero-order valence-electron chi connectivity index (χ0n) is 9.89. The molecule has 18 heavy (non-hydrogen) atoms. The minimum atomic E-state index is -1.09. The van der Waals surface area contributed by atoms with Crippen molar-refractivity contribution in [2.75, 3.05) is 0 Å². The fourth-order valence-electron chi connectivity index (χ4n) is 1.33. The van der Waals surface area contributed by atoms with Crippen molar-refractivity contribution in [2.24, 2.45) is 0 Å². The second-order valence-corrected chi connectivity index (χ2v) is 3.66. The second-order valence-electron chi connectivity index (χ2n) is 3.66. The highest BCUT2D eigenvalue weighted by molar-refractivity contribution is 5.94. The zero-order chi connectivity index (χ0) is 13.5. The predicted octanol–water partition coefficient (Wildman–Crippen LogP) is 1.82. The molecule has 0 unspecified atom stereocenters. The standard InChI is InChI=1S/C13H14FNO3/c1-2-11(13(17)18)15-12(16)8-7-9-5-3-4-6-10(9)14/h3-8,11H,2H2,1H3,(H,15,16)(H,17,18)/t11-/m1/s1. The van der Waals surface area contributed by atoms with Gasteiger partial charge in [0.25, 0.3) is 0 Å². The van der Waals surface area contributed by atoms with Crippen molar-refractivity contribution in [1.82, 2.24) is 5.32 Å². The van der Waals surface area contributed by atoms with Crippen LogP contribution in [0.3, 0.4) is 0 Å². The highest BCUT2D eigenvalue weighted by Gasteiger charge is 2.15. The summed E-state index contributed by atoms with van der Waals surface area (Å²) in [5.74, 6) is -2.09. The normalized spacial score (nSPS) is 12.3. The first-order valence-corrected chi connectivity index (χ1v) is 5.50. The molecule has 0 aliphatic heterocycles. The fourth-order valence-corrected chi connectivity index (χ4v) is 1.33. The van der Waals surface area contributed by atoms with Gasteiger partial charge in [-0.2, -0.15) is 0 Å². The topological polar surface area (TPSA) is 66.4 Å². The summed E-state index contributed by atoms with van der Waals surface area (Å²) in [4.78, 5) is 22.1. The maximum absolute atomic E-state index is 13.2. The minimum absolute atomic E-state index is 0.274. The lowest BCUT2D eigenvalue weighted by Crippen LogP contribution is -2.39. The summed E-state index contributed by atoms with van der Waals surface area (Å²) in [6.45, 7) is 1.65. The Kier molecular flexibility index (Phi) is 5.05.